The van der Waals surface area contributed by atoms with Crippen molar-refractivity contribution in [2.75, 3.05) is 0 Å². The Morgan fingerprint density at radius 3 is 2.15 bits per heavy atom. The van der Waals surface area contributed by atoms with Crippen molar-refractivity contribution in [3.63, 3.8) is 0 Å². The largest absolute Gasteiger partial charge is 0.0952 e. The fourth-order valence-electron chi connectivity index (χ4n) is 4.42. The molecule has 0 bridgehead atoms. The Balaban J connectivity index is 1.59. The summed E-state index contributed by atoms with van der Waals surface area (Å²) in [6, 6.07) is 17.7. The Morgan fingerprint density at radius 1 is 0.923 bits per heavy atom. The van der Waals surface area contributed by atoms with Crippen molar-refractivity contribution in [1.29, 1.82) is 0 Å². The van der Waals surface area contributed by atoms with Crippen molar-refractivity contribution in [3.05, 3.63) is 66.2 Å². The van der Waals surface area contributed by atoms with Gasteiger partial charge in [0, 0.05) is 0 Å². The van der Waals surface area contributed by atoms with Crippen LogP contribution in [0.15, 0.2) is 55.1 Å². The van der Waals surface area contributed by atoms with E-state index in [1.807, 2.05) is 0 Å². The van der Waals surface area contributed by atoms with Gasteiger partial charge < -0.3 is 0 Å². The number of hydrogen-bond acceptors (Lipinski definition) is 0. The molecule has 0 saturated heterocycles. The molecule has 1 aliphatic carbocycles. The summed E-state index contributed by atoms with van der Waals surface area (Å²) >= 11 is 0. The zero-order chi connectivity index (χ0) is 18.7. The molecule has 0 N–H and O–H groups in total. The summed E-state index contributed by atoms with van der Waals surface area (Å²) in [4.78, 5) is 0. The normalized spacial score (nSPS) is 20.8. The standard InChI is InChI=1S/C26H34/c1-19-7-6-8-24(17-19)23-13-11-22(12-14-23)20(2)18-21-9-15-25(16-10-21)26(3,4)5/h6-8,11-14,17,21,25H,2,9-10,15-16,18H2,1,3-5H3. The van der Waals surface area contributed by atoms with E-state index in [1.165, 1.54) is 53.5 Å². The van der Waals surface area contributed by atoms with Gasteiger partial charge in [0.15, 0.2) is 0 Å². The Kier molecular flexibility index (Phi) is 5.70. The molecule has 0 spiro atoms. The first kappa shape index (κ1) is 19.0. The van der Waals surface area contributed by atoms with Crippen LogP contribution in [-0.4, -0.2) is 0 Å². The molecule has 0 radical (unpaired) electrons. The summed E-state index contributed by atoms with van der Waals surface area (Å²) < 4.78 is 0. The molecular formula is C26H34. The number of rotatable bonds is 4. The SMILES string of the molecule is C=C(CC1CCC(C(C)(C)C)CC1)c1ccc(-c2cccc(C)c2)cc1. The zero-order valence-corrected chi connectivity index (χ0v) is 17.0. The molecule has 0 unspecified atom stereocenters. The van der Waals surface area contributed by atoms with E-state index in [0.29, 0.717) is 5.41 Å². The Morgan fingerprint density at radius 2 is 1.58 bits per heavy atom. The molecule has 0 heteroatoms. The van der Waals surface area contributed by atoms with Crippen molar-refractivity contribution in [2.24, 2.45) is 17.3 Å². The molecule has 0 aromatic heterocycles. The first-order chi connectivity index (χ1) is 12.3. The van der Waals surface area contributed by atoms with Crippen molar-refractivity contribution in [3.8, 4) is 11.1 Å². The van der Waals surface area contributed by atoms with Crippen LogP contribution < -0.4 is 0 Å². The highest BCUT2D eigenvalue weighted by Gasteiger charge is 2.29. The minimum atomic E-state index is 0.466. The van der Waals surface area contributed by atoms with Crippen LogP contribution in [0.25, 0.3) is 16.7 Å². The van der Waals surface area contributed by atoms with Gasteiger partial charge in [0.05, 0.1) is 0 Å². The van der Waals surface area contributed by atoms with Crippen LogP contribution in [0.3, 0.4) is 0 Å². The summed E-state index contributed by atoms with van der Waals surface area (Å²) in [6.07, 6.45) is 6.65. The molecule has 1 aliphatic rings. The Bertz CT molecular complexity index is 734. The molecule has 3 rings (SSSR count). The number of allylic oxidation sites excluding steroid dienone is 1. The smallest absolute Gasteiger partial charge is 0.0181 e. The highest BCUT2D eigenvalue weighted by molar-refractivity contribution is 5.69. The van der Waals surface area contributed by atoms with Gasteiger partial charge in [-0.25, -0.2) is 0 Å². The average Bonchev–Trinajstić information content (AvgIpc) is 2.61. The topological polar surface area (TPSA) is 0 Å². The molecule has 2 aromatic carbocycles. The molecule has 0 aliphatic heterocycles. The van der Waals surface area contributed by atoms with Gasteiger partial charge in [-0.3, -0.25) is 0 Å². The van der Waals surface area contributed by atoms with E-state index in [9.17, 15) is 0 Å². The summed E-state index contributed by atoms with van der Waals surface area (Å²) in [5.74, 6) is 1.71. The minimum Gasteiger partial charge on any atom is -0.0952 e. The third-order valence-electron chi connectivity index (χ3n) is 6.25. The number of hydrogen-bond donors (Lipinski definition) is 0. The maximum Gasteiger partial charge on any atom is -0.0181 e. The lowest BCUT2D eigenvalue weighted by atomic mass is 9.69. The lowest BCUT2D eigenvalue weighted by Gasteiger charge is -2.37. The summed E-state index contributed by atoms with van der Waals surface area (Å²) in [6.45, 7) is 13.7. The quantitative estimate of drug-likeness (QED) is 0.527. The van der Waals surface area contributed by atoms with E-state index < -0.39 is 0 Å². The average molecular weight is 347 g/mol. The second-order valence-electron chi connectivity index (χ2n) is 9.34. The van der Waals surface area contributed by atoms with Crippen molar-refractivity contribution in [2.45, 2.75) is 59.8 Å². The maximum absolute atomic E-state index is 4.40. The highest BCUT2D eigenvalue weighted by atomic mass is 14.3. The van der Waals surface area contributed by atoms with E-state index in [0.717, 1.165) is 18.3 Å². The third-order valence-corrected chi connectivity index (χ3v) is 6.25. The van der Waals surface area contributed by atoms with Crippen LogP contribution in [0, 0.1) is 24.2 Å². The molecule has 1 saturated carbocycles. The van der Waals surface area contributed by atoms with E-state index in [4.69, 9.17) is 0 Å². The van der Waals surface area contributed by atoms with Gasteiger partial charge in [-0.1, -0.05) is 81.4 Å². The summed E-state index contributed by atoms with van der Waals surface area (Å²) in [5, 5.41) is 0. The van der Waals surface area contributed by atoms with Crippen molar-refractivity contribution < 1.29 is 0 Å². The predicted molar refractivity (Wildman–Crippen MR) is 115 cm³/mol. The van der Waals surface area contributed by atoms with E-state index in [2.05, 4.69) is 82.8 Å². The van der Waals surface area contributed by atoms with Gasteiger partial charge in [0.1, 0.15) is 0 Å². The van der Waals surface area contributed by atoms with Gasteiger partial charge in [-0.15, -0.1) is 0 Å². The third kappa shape index (κ3) is 4.67. The molecule has 0 heterocycles. The maximum atomic E-state index is 4.40. The fraction of sp³-hybridized carbons (Fsp3) is 0.462. The van der Waals surface area contributed by atoms with E-state index in [1.54, 1.807) is 0 Å². The molecule has 26 heavy (non-hydrogen) atoms. The van der Waals surface area contributed by atoms with Gasteiger partial charge in [0.2, 0.25) is 0 Å². The van der Waals surface area contributed by atoms with Gasteiger partial charge in [-0.05, 0) is 78.5 Å². The monoisotopic (exact) mass is 346 g/mol. The minimum absolute atomic E-state index is 0.466. The lowest BCUT2D eigenvalue weighted by Crippen LogP contribution is -2.25. The van der Waals surface area contributed by atoms with E-state index in [-0.39, 0.29) is 0 Å². The van der Waals surface area contributed by atoms with E-state index >= 15 is 0 Å². The van der Waals surface area contributed by atoms with Gasteiger partial charge in [-0.2, -0.15) is 0 Å². The molecule has 0 nitrogen and oxygen atoms in total. The van der Waals surface area contributed by atoms with Crippen LogP contribution >= 0.6 is 0 Å². The first-order valence-electron chi connectivity index (χ1n) is 10.2. The van der Waals surface area contributed by atoms with Gasteiger partial charge >= 0.3 is 0 Å². The molecule has 1 fully saturated rings. The van der Waals surface area contributed by atoms with Crippen molar-refractivity contribution >= 4 is 5.57 Å². The Hall–Kier alpha value is -1.82. The molecule has 2 aromatic rings. The fourth-order valence-corrected chi connectivity index (χ4v) is 4.42. The zero-order valence-electron chi connectivity index (χ0n) is 17.0. The van der Waals surface area contributed by atoms with Crippen LogP contribution in [0.4, 0.5) is 0 Å². The number of benzene rings is 2. The molecule has 0 atom stereocenters. The van der Waals surface area contributed by atoms with Crippen LogP contribution in [0.1, 0.15) is 64.0 Å². The first-order valence-corrected chi connectivity index (χ1v) is 10.2. The predicted octanol–water partition coefficient (Wildman–Crippen LogP) is 7.92. The molecule has 138 valence electrons. The summed E-state index contributed by atoms with van der Waals surface area (Å²) in [5.41, 5.74) is 6.97. The Labute approximate surface area is 160 Å². The summed E-state index contributed by atoms with van der Waals surface area (Å²) in [7, 11) is 0. The lowest BCUT2D eigenvalue weighted by molar-refractivity contribution is 0.151. The van der Waals surface area contributed by atoms with Crippen molar-refractivity contribution in [1.82, 2.24) is 0 Å². The van der Waals surface area contributed by atoms with Crippen LogP contribution in [-0.2, 0) is 0 Å². The highest BCUT2D eigenvalue weighted by Crippen LogP contribution is 2.42. The second-order valence-corrected chi connectivity index (χ2v) is 9.34. The molecule has 0 amide bonds. The number of aryl methyl sites for hydroxylation is 1. The second kappa shape index (κ2) is 7.82. The molecular weight excluding hydrogens is 312 g/mol. The van der Waals surface area contributed by atoms with Crippen LogP contribution in [0.5, 0.6) is 0 Å². The van der Waals surface area contributed by atoms with Crippen LogP contribution in [0.2, 0.25) is 0 Å². The van der Waals surface area contributed by atoms with Gasteiger partial charge in [0.25, 0.3) is 0 Å².